The second kappa shape index (κ2) is 7.22. The van der Waals surface area contributed by atoms with Gasteiger partial charge in [0.25, 0.3) is 0 Å². The monoisotopic (exact) mass is 230 g/mol. The summed E-state index contributed by atoms with van der Waals surface area (Å²) in [5.74, 6) is 0.591. The molecule has 0 spiro atoms. The maximum atomic E-state index is 9.62. The van der Waals surface area contributed by atoms with E-state index in [0.717, 1.165) is 13.0 Å². The van der Waals surface area contributed by atoms with Crippen LogP contribution in [-0.4, -0.2) is 56.0 Å². The smallest absolute Gasteiger partial charge is 0.0899 e. The molecule has 0 heterocycles. The molecule has 0 aromatic carbocycles. The Balaban J connectivity index is 2.24. The molecular weight excluding hydrogens is 204 g/mol. The molecule has 0 aliphatic heterocycles. The lowest BCUT2D eigenvalue weighted by molar-refractivity contribution is 0.0382. The van der Waals surface area contributed by atoms with E-state index in [4.69, 9.17) is 10.5 Å². The highest BCUT2D eigenvalue weighted by Gasteiger charge is 2.23. The van der Waals surface area contributed by atoms with Crippen LogP contribution in [0, 0.1) is 5.92 Å². The first kappa shape index (κ1) is 13.9. The Labute approximate surface area is 98.8 Å². The van der Waals surface area contributed by atoms with Crippen molar-refractivity contribution >= 4 is 0 Å². The lowest BCUT2D eigenvalue weighted by Gasteiger charge is -2.32. The van der Waals surface area contributed by atoms with Gasteiger partial charge in [-0.2, -0.15) is 0 Å². The van der Waals surface area contributed by atoms with Crippen LogP contribution < -0.4 is 5.73 Å². The fourth-order valence-corrected chi connectivity index (χ4v) is 2.54. The zero-order valence-corrected chi connectivity index (χ0v) is 10.6. The summed E-state index contributed by atoms with van der Waals surface area (Å²) in [5, 5.41) is 9.62. The van der Waals surface area contributed by atoms with Gasteiger partial charge in [0, 0.05) is 26.2 Å². The number of ether oxygens (including phenoxy) is 1. The fraction of sp³-hybridized carbons (Fsp3) is 1.00. The van der Waals surface area contributed by atoms with E-state index in [9.17, 15) is 5.11 Å². The zero-order valence-electron chi connectivity index (χ0n) is 10.6. The molecule has 1 aliphatic carbocycles. The second-order valence-corrected chi connectivity index (χ2v) is 5.04. The first-order valence-corrected chi connectivity index (χ1v) is 6.24. The van der Waals surface area contributed by atoms with Crippen LogP contribution in [0.5, 0.6) is 0 Å². The Kier molecular flexibility index (Phi) is 6.28. The lowest BCUT2D eigenvalue weighted by atomic mass is 9.85. The molecule has 1 rings (SSSR count). The van der Waals surface area contributed by atoms with Crippen LogP contribution in [0.3, 0.4) is 0 Å². The van der Waals surface area contributed by atoms with Gasteiger partial charge >= 0.3 is 0 Å². The number of hydrogen-bond acceptors (Lipinski definition) is 4. The van der Waals surface area contributed by atoms with Crippen molar-refractivity contribution in [3.63, 3.8) is 0 Å². The maximum Gasteiger partial charge on any atom is 0.0899 e. The molecule has 3 unspecified atom stereocenters. The normalized spacial score (nSPS) is 28.3. The van der Waals surface area contributed by atoms with E-state index in [-0.39, 0.29) is 0 Å². The van der Waals surface area contributed by atoms with E-state index >= 15 is 0 Å². The quantitative estimate of drug-likeness (QED) is 0.695. The minimum Gasteiger partial charge on any atom is -0.389 e. The molecule has 0 aromatic rings. The van der Waals surface area contributed by atoms with Crippen molar-refractivity contribution in [3.8, 4) is 0 Å². The molecule has 4 nitrogen and oxygen atoms in total. The standard InChI is InChI=1S/C12H26N2O2/c1-14(8-11(15)9-16-2)7-10-5-3-4-6-12(10)13/h10-12,15H,3-9,13H2,1-2H3. The van der Waals surface area contributed by atoms with Gasteiger partial charge in [-0.25, -0.2) is 0 Å². The van der Waals surface area contributed by atoms with Crippen molar-refractivity contribution in [2.45, 2.75) is 37.8 Å². The van der Waals surface area contributed by atoms with E-state index in [1.165, 1.54) is 19.3 Å². The second-order valence-electron chi connectivity index (χ2n) is 5.04. The molecule has 96 valence electrons. The Morgan fingerprint density at radius 3 is 2.75 bits per heavy atom. The summed E-state index contributed by atoms with van der Waals surface area (Å²) in [5.41, 5.74) is 6.10. The van der Waals surface area contributed by atoms with Crippen molar-refractivity contribution in [1.82, 2.24) is 4.90 Å². The van der Waals surface area contributed by atoms with Gasteiger partial charge < -0.3 is 20.5 Å². The highest BCUT2D eigenvalue weighted by Crippen LogP contribution is 2.23. The van der Waals surface area contributed by atoms with Crippen LogP contribution in [0.4, 0.5) is 0 Å². The van der Waals surface area contributed by atoms with Crippen LogP contribution in [0.1, 0.15) is 25.7 Å². The van der Waals surface area contributed by atoms with Gasteiger partial charge in [0.2, 0.25) is 0 Å². The van der Waals surface area contributed by atoms with Crippen LogP contribution in [0.25, 0.3) is 0 Å². The van der Waals surface area contributed by atoms with E-state index in [1.807, 2.05) is 7.05 Å². The fourth-order valence-electron chi connectivity index (χ4n) is 2.54. The van der Waals surface area contributed by atoms with Crippen molar-refractivity contribution in [3.05, 3.63) is 0 Å². The molecule has 4 heteroatoms. The molecule has 0 aromatic heterocycles. The Morgan fingerprint density at radius 2 is 2.12 bits per heavy atom. The molecule has 1 fully saturated rings. The van der Waals surface area contributed by atoms with Crippen molar-refractivity contribution in [2.75, 3.05) is 33.9 Å². The molecule has 0 saturated heterocycles. The predicted molar refractivity (Wildman–Crippen MR) is 65.3 cm³/mol. The highest BCUT2D eigenvalue weighted by atomic mass is 16.5. The molecule has 16 heavy (non-hydrogen) atoms. The summed E-state index contributed by atoms with van der Waals surface area (Å²) in [6.45, 7) is 2.06. The van der Waals surface area contributed by atoms with E-state index in [2.05, 4.69) is 4.90 Å². The molecule has 3 atom stereocenters. The van der Waals surface area contributed by atoms with Crippen LogP contribution in [0.15, 0.2) is 0 Å². The number of aliphatic hydroxyl groups is 1. The average Bonchev–Trinajstić information content (AvgIpc) is 2.21. The summed E-state index contributed by atoms with van der Waals surface area (Å²) in [6.07, 6.45) is 4.56. The summed E-state index contributed by atoms with van der Waals surface area (Å²) in [4.78, 5) is 2.17. The Morgan fingerprint density at radius 1 is 1.44 bits per heavy atom. The topological polar surface area (TPSA) is 58.7 Å². The van der Waals surface area contributed by atoms with Gasteiger partial charge in [-0.05, 0) is 25.8 Å². The summed E-state index contributed by atoms with van der Waals surface area (Å²) in [7, 11) is 3.65. The van der Waals surface area contributed by atoms with Crippen molar-refractivity contribution in [2.24, 2.45) is 11.7 Å². The maximum absolute atomic E-state index is 9.62. The minimum absolute atomic E-state index is 0.343. The third-order valence-corrected chi connectivity index (χ3v) is 3.40. The number of aliphatic hydroxyl groups excluding tert-OH is 1. The number of nitrogens with zero attached hydrogens (tertiary/aromatic N) is 1. The summed E-state index contributed by atoms with van der Waals surface area (Å²) < 4.78 is 4.91. The third kappa shape index (κ3) is 4.78. The molecule has 0 radical (unpaired) electrons. The van der Waals surface area contributed by atoms with Gasteiger partial charge in [0.1, 0.15) is 0 Å². The van der Waals surface area contributed by atoms with Gasteiger partial charge in [-0.3, -0.25) is 0 Å². The van der Waals surface area contributed by atoms with Gasteiger partial charge in [-0.15, -0.1) is 0 Å². The predicted octanol–water partition coefficient (Wildman–Crippen LogP) is 0.443. The van der Waals surface area contributed by atoms with E-state index in [0.29, 0.717) is 25.1 Å². The summed E-state index contributed by atoms with van der Waals surface area (Å²) in [6, 6.07) is 0.343. The molecule has 0 bridgehead atoms. The van der Waals surface area contributed by atoms with Gasteiger partial charge in [0.05, 0.1) is 12.7 Å². The lowest BCUT2D eigenvalue weighted by Crippen LogP contribution is -2.42. The molecule has 0 amide bonds. The average molecular weight is 230 g/mol. The third-order valence-electron chi connectivity index (χ3n) is 3.40. The largest absolute Gasteiger partial charge is 0.389 e. The van der Waals surface area contributed by atoms with E-state index < -0.39 is 6.10 Å². The van der Waals surface area contributed by atoms with Crippen molar-refractivity contribution < 1.29 is 9.84 Å². The molecular formula is C12H26N2O2. The Bertz CT molecular complexity index is 190. The zero-order chi connectivity index (χ0) is 12.0. The van der Waals surface area contributed by atoms with Gasteiger partial charge in [-0.1, -0.05) is 12.8 Å². The van der Waals surface area contributed by atoms with Gasteiger partial charge in [0.15, 0.2) is 0 Å². The molecule has 3 N–H and O–H groups in total. The SMILES string of the molecule is COCC(O)CN(C)CC1CCCCC1N. The number of hydrogen-bond donors (Lipinski definition) is 2. The van der Waals surface area contributed by atoms with E-state index in [1.54, 1.807) is 7.11 Å². The van der Waals surface area contributed by atoms with Crippen molar-refractivity contribution in [1.29, 1.82) is 0 Å². The first-order valence-electron chi connectivity index (χ1n) is 6.24. The van der Waals surface area contributed by atoms with Crippen LogP contribution in [-0.2, 0) is 4.74 Å². The highest BCUT2D eigenvalue weighted by molar-refractivity contribution is 4.80. The molecule has 1 aliphatic rings. The number of nitrogens with two attached hydrogens (primary N) is 1. The van der Waals surface area contributed by atoms with Crippen LogP contribution in [0.2, 0.25) is 0 Å². The first-order chi connectivity index (χ1) is 7.63. The Hall–Kier alpha value is -0.160. The van der Waals surface area contributed by atoms with Crippen LogP contribution >= 0.6 is 0 Å². The number of methoxy groups -OCH3 is 1. The summed E-state index contributed by atoms with van der Waals surface area (Å²) >= 11 is 0. The number of rotatable bonds is 6. The minimum atomic E-state index is -0.394. The number of likely N-dealkylation sites (N-methyl/N-ethyl adjacent to an activating group) is 1. The molecule has 1 saturated carbocycles.